The number of rotatable bonds is 3. The lowest BCUT2D eigenvalue weighted by Crippen LogP contribution is -2.43. The molecule has 0 saturated carbocycles. The maximum Gasteiger partial charge on any atom is 0.230 e. The zero-order valence-electron chi connectivity index (χ0n) is 16.2. The Balaban J connectivity index is 1.79. The summed E-state index contributed by atoms with van der Waals surface area (Å²) < 4.78 is 3.96. The molecule has 2 aromatic heterocycles. The van der Waals surface area contributed by atoms with Gasteiger partial charge in [0.15, 0.2) is 0 Å². The van der Waals surface area contributed by atoms with Gasteiger partial charge in [0.25, 0.3) is 0 Å². The van der Waals surface area contributed by atoms with Crippen molar-refractivity contribution in [3.05, 3.63) is 34.4 Å². The predicted octanol–water partition coefficient (Wildman–Crippen LogP) is 2.82. The highest BCUT2D eigenvalue weighted by atomic mass is 16.2. The summed E-state index contributed by atoms with van der Waals surface area (Å²) in [5.74, 6) is 0.0401. The molecule has 3 heterocycles. The first-order chi connectivity index (χ1) is 11.8. The molecule has 1 aliphatic rings. The molecular formula is C19H29N5O. The first-order valence-corrected chi connectivity index (χ1v) is 9.11. The monoisotopic (exact) mass is 343 g/mol. The standard InChI is InChI=1S/C19H29N5O/c1-12-10-13(2)24(20-12)17-8-7-9-23(11-17)19(25)14(3)18-15(4)21-22(6)16(18)5/h10,14,17H,7-9,11H2,1-6H3/t14-,17+/m0/s1. The van der Waals surface area contributed by atoms with E-state index in [1.807, 2.05) is 44.3 Å². The van der Waals surface area contributed by atoms with Crippen LogP contribution in [0.4, 0.5) is 0 Å². The number of nitrogens with zero attached hydrogens (tertiary/aromatic N) is 5. The van der Waals surface area contributed by atoms with E-state index in [-0.39, 0.29) is 17.9 Å². The van der Waals surface area contributed by atoms with Crippen molar-refractivity contribution in [2.75, 3.05) is 13.1 Å². The molecule has 3 rings (SSSR count). The van der Waals surface area contributed by atoms with Crippen molar-refractivity contribution in [2.45, 2.75) is 59.4 Å². The van der Waals surface area contributed by atoms with Crippen molar-refractivity contribution in [3.8, 4) is 0 Å². The van der Waals surface area contributed by atoms with Crippen molar-refractivity contribution in [2.24, 2.45) is 7.05 Å². The fourth-order valence-electron chi connectivity index (χ4n) is 4.18. The predicted molar refractivity (Wildman–Crippen MR) is 97.6 cm³/mol. The van der Waals surface area contributed by atoms with E-state index in [0.29, 0.717) is 0 Å². The van der Waals surface area contributed by atoms with Crippen LogP contribution in [0.1, 0.15) is 60.1 Å². The van der Waals surface area contributed by atoms with Gasteiger partial charge in [-0.25, -0.2) is 0 Å². The van der Waals surface area contributed by atoms with Crippen LogP contribution in [0.5, 0.6) is 0 Å². The number of hydrogen-bond donors (Lipinski definition) is 0. The zero-order valence-corrected chi connectivity index (χ0v) is 16.2. The minimum Gasteiger partial charge on any atom is -0.340 e. The molecule has 1 fully saturated rings. The summed E-state index contributed by atoms with van der Waals surface area (Å²) in [6, 6.07) is 2.38. The number of aryl methyl sites for hydroxylation is 4. The number of carbonyl (C=O) groups is 1. The van der Waals surface area contributed by atoms with Gasteiger partial charge < -0.3 is 4.90 Å². The van der Waals surface area contributed by atoms with Crippen molar-refractivity contribution in [1.82, 2.24) is 24.5 Å². The van der Waals surface area contributed by atoms with E-state index in [1.54, 1.807) is 0 Å². The second-order valence-electron chi connectivity index (χ2n) is 7.38. The molecule has 2 aromatic rings. The van der Waals surface area contributed by atoms with E-state index in [2.05, 4.69) is 27.9 Å². The molecule has 136 valence electrons. The Kier molecular flexibility index (Phi) is 4.71. The van der Waals surface area contributed by atoms with Gasteiger partial charge in [-0.2, -0.15) is 10.2 Å². The molecule has 0 N–H and O–H groups in total. The SMILES string of the molecule is Cc1cc(C)n([C@@H]2CCCN(C(=O)[C@@H](C)c3c(C)nn(C)c3C)C2)n1. The summed E-state index contributed by atoms with van der Waals surface area (Å²) in [5.41, 5.74) is 5.30. The smallest absolute Gasteiger partial charge is 0.230 e. The molecule has 0 aliphatic carbocycles. The third kappa shape index (κ3) is 3.22. The molecule has 0 bridgehead atoms. The van der Waals surface area contributed by atoms with E-state index in [4.69, 9.17) is 0 Å². The lowest BCUT2D eigenvalue weighted by atomic mass is 9.96. The van der Waals surface area contributed by atoms with Crippen LogP contribution < -0.4 is 0 Å². The average molecular weight is 343 g/mol. The molecule has 1 aliphatic heterocycles. The van der Waals surface area contributed by atoms with Gasteiger partial charge in [0.05, 0.1) is 23.3 Å². The summed E-state index contributed by atoms with van der Waals surface area (Å²) in [6.45, 7) is 11.7. The molecule has 1 saturated heterocycles. The first kappa shape index (κ1) is 17.7. The lowest BCUT2D eigenvalue weighted by molar-refractivity contribution is -0.134. The summed E-state index contributed by atoms with van der Waals surface area (Å²) in [7, 11) is 1.93. The van der Waals surface area contributed by atoms with E-state index < -0.39 is 0 Å². The Morgan fingerprint density at radius 2 is 1.96 bits per heavy atom. The van der Waals surface area contributed by atoms with Crippen LogP contribution in [0.15, 0.2) is 6.07 Å². The molecule has 0 radical (unpaired) electrons. The quantitative estimate of drug-likeness (QED) is 0.861. The summed E-state index contributed by atoms with van der Waals surface area (Å²) in [6.07, 6.45) is 2.09. The van der Waals surface area contributed by atoms with Crippen molar-refractivity contribution < 1.29 is 4.79 Å². The van der Waals surface area contributed by atoms with Crippen molar-refractivity contribution in [3.63, 3.8) is 0 Å². The van der Waals surface area contributed by atoms with E-state index >= 15 is 0 Å². The minimum atomic E-state index is -0.159. The van der Waals surface area contributed by atoms with Crippen LogP contribution in [-0.4, -0.2) is 43.5 Å². The molecule has 0 spiro atoms. The Morgan fingerprint density at radius 1 is 1.24 bits per heavy atom. The number of carbonyl (C=O) groups excluding carboxylic acids is 1. The summed E-state index contributed by atoms with van der Waals surface area (Å²) >= 11 is 0. The van der Waals surface area contributed by atoms with Crippen LogP contribution in [0.3, 0.4) is 0 Å². The van der Waals surface area contributed by atoms with Crippen LogP contribution >= 0.6 is 0 Å². The van der Waals surface area contributed by atoms with Crippen LogP contribution in [0, 0.1) is 27.7 Å². The number of piperidine rings is 1. The number of hydrogen-bond acceptors (Lipinski definition) is 3. The highest BCUT2D eigenvalue weighted by Crippen LogP contribution is 2.28. The molecular weight excluding hydrogens is 314 g/mol. The van der Waals surface area contributed by atoms with Gasteiger partial charge in [0.2, 0.25) is 5.91 Å². The molecule has 25 heavy (non-hydrogen) atoms. The largest absolute Gasteiger partial charge is 0.340 e. The Bertz CT molecular complexity index is 788. The summed E-state index contributed by atoms with van der Waals surface area (Å²) in [4.78, 5) is 15.2. The fraction of sp³-hybridized carbons (Fsp3) is 0.632. The van der Waals surface area contributed by atoms with Gasteiger partial charge in [-0.15, -0.1) is 0 Å². The molecule has 0 aromatic carbocycles. The number of likely N-dealkylation sites (tertiary alicyclic amines) is 1. The Hall–Kier alpha value is -2.11. The minimum absolute atomic E-state index is 0.159. The van der Waals surface area contributed by atoms with Gasteiger partial charge in [-0.05, 0) is 53.5 Å². The van der Waals surface area contributed by atoms with Crippen molar-refractivity contribution in [1.29, 1.82) is 0 Å². The maximum absolute atomic E-state index is 13.1. The second-order valence-corrected chi connectivity index (χ2v) is 7.38. The van der Waals surface area contributed by atoms with Gasteiger partial charge in [-0.3, -0.25) is 14.2 Å². The lowest BCUT2D eigenvalue weighted by Gasteiger charge is -2.35. The van der Waals surface area contributed by atoms with Crippen LogP contribution in [0.25, 0.3) is 0 Å². The van der Waals surface area contributed by atoms with Crippen LogP contribution in [0.2, 0.25) is 0 Å². The fourth-order valence-corrected chi connectivity index (χ4v) is 4.18. The van der Waals surface area contributed by atoms with E-state index in [9.17, 15) is 4.79 Å². The molecule has 6 nitrogen and oxygen atoms in total. The zero-order chi connectivity index (χ0) is 18.3. The molecule has 1 amide bonds. The Morgan fingerprint density at radius 3 is 2.52 bits per heavy atom. The topological polar surface area (TPSA) is 56.0 Å². The number of aromatic nitrogens is 4. The van der Waals surface area contributed by atoms with E-state index in [1.165, 1.54) is 5.69 Å². The van der Waals surface area contributed by atoms with E-state index in [0.717, 1.165) is 48.6 Å². The normalized spacial score (nSPS) is 19.3. The Labute approximate surface area is 149 Å². The van der Waals surface area contributed by atoms with Gasteiger partial charge in [0.1, 0.15) is 0 Å². The molecule has 0 unspecified atom stereocenters. The summed E-state index contributed by atoms with van der Waals surface area (Å²) in [5, 5.41) is 9.10. The first-order valence-electron chi connectivity index (χ1n) is 9.11. The highest BCUT2D eigenvalue weighted by Gasteiger charge is 2.31. The molecule has 6 heteroatoms. The highest BCUT2D eigenvalue weighted by molar-refractivity contribution is 5.84. The third-order valence-electron chi connectivity index (χ3n) is 5.47. The third-order valence-corrected chi connectivity index (χ3v) is 5.47. The van der Waals surface area contributed by atoms with Gasteiger partial charge >= 0.3 is 0 Å². The number of amides is 1. The molecule has 2 atom stereocenters. The van der Waals surface area contributed by atoms with Crippen molar-refractivity contribution >= 4 is 5.91 Å². The second kappa shape index (κ2) is 6.65. The van der Waals surface area contributed by atoms with Gasteiger partial charge in [0, 0.05) is 37.1 Å². The van der Waals surface area contributed by atoms with Crippen LogP contribution in [-0.2, 0) is 11.8 Å². The maximum atomic E-state index is 13.1. The average Bonchev–Trinajstić information content (AvgIpc) is 3.04. The van der Waals surface area contributed by atoms with Gasteiger partial charge in [-0.1, -0.05) is 0 Å².